The van der Waals surface area contributed by atoms with Crippen LogP contribution in [0, 0.1) is 4.77 Å². The molecule has 3 rings (SSSR count). The molecule has 0 aliphatic heterocycles. The number of hydrogen-bond acceptors (Lipinski definition) is 4. The number of nitrogens with zero attached hydrogens (tertiary/aromatic N) is 2. The Balaban J connectivity index is 1.74. The fraction of sp³-hybridized carbons (Fsp3) is 0.125. The third-order valence-corrected chi connectivity index (χ3v) is 4.51. The molecule has 0 unspecified atom stereocenters. The molecule has 0 fully saturated rings. The standard InChI is InChI=1S/C16H14BrClN4OS/c17-13-5-6-15(23-9-11-3-1-2-4-14(11)18)12(7-13)8-20-22-10-19-21-16(22)24/h1-7,10,20H,8-9H2,(H,21,24). The molecular weight excluding hydrogens is 412 g/mol. The van der Waals surface area contributed by atoms with Gasteiger partial charge in [0.15, 0.2) is 0 Å². The molecule has 1 aromatic heterocycles. The van der Waals surface area contributed by atoms with E-state index in [1.165, 1.54) is 0 Å². The zero-order chi connectivity index (χ0) is 16.9. The summed E-state index contributed by atoms with van der Waals surface area (Å²) in [6.45, 7) is 0.935. The Bertz CT molecular complexity index is 896. The summed E-state index contributed by atoms with van der Waals surface area (Å²) in [5.74, 6) is 0.778. The number of rotatable bonds is 6. The number of aromatic nitrogens is 3. The van der Waals surface area contributed by atoms with Crippen LogP contribution in [0.1, 0.15) is 11.1 Å². The Morgan fingerprint density at radius 2 is 2.08 bits per heavy atom. The number of hydrogen-bond donors (Lipinski definition) is 2. The van der Waals surface area contributed by atoms with E-state index in [2.05, 4.69) is 31.6 Å². The van der Waals surface area contributed by atoms with Crippen LogP contribution in [0.25, 0.3) is 0 Å². The fourth-order valence-corrected chi connectivity index (χ4v) is 2.89. The highest BCUT2D eigenvalue weighted by Gasteiger charge is 2.07. The van der Waals surface area contributed by atoms with E-state index < -0.39 is 0 Å². The van der Waals surface area contributed by atoms with Gasteiger partial charge < -0.3 is 10.2 Å². The third kappa shape index (κ3) is 4.17. The van der Waals surface area contributed by atoms with E-state index >= 15 is 0 Å². The van der Waals surface area contributed by atoms with Gasteiger partial charge in [0, 0.05) is 20.6 Å². The summed E-state index contributed by atoms with van der Waals surface area (Å²) in [5, 5.41) is 7.26. The fourth-order valence-electron chi connectivity index (χ4n) is 2.13. The Hall–Kier alpha value is -1.83. The van der Waals surface area contributed by atoms with Crippen LogP contribution >= 0.6 is 39.7 Å². The van der Waals surface area contributed by atoms with Gasteiger partial charge in [-0.2, -0.15) is 5.10 Å². The van der Waals surface area contributed by atoms with Crippen molar-refractivity contribution in [2.45, 2.75) is 13.2 Å². The summed E-state index contributed by atoms with van der Waals surface area (Å²) in [6.07, 6.45) is 1.59. The van der Waals surface area contributed by atoms with E-state index in [0.717, 1.165) is 21.3 Å². The summed E-state index contributed by atoms with van der Waals surface area (Å²) in [5.41, 5.74) is 5.11. The van der Waals surface area contributed by atoms with E-state index in [9.17, 15) is 0 Å². The molecule has 24 heavy (non-hydrogen) atoms. The van der Waals surface area contributed by atoms with E-state index in [-0.39, 0.29) is 0 Å². The van der Waals surface area contributed by atoms with Crippen LogP contribution in [0.4, 0.5) is 0 Å². The molecule has 0 spiro atoms. The highest BCUT2D eigenvalue weighted by Crippen LogP contribution is 2.25. The van der Waals surface area contributed by atoms with Gasteiger partial charge in [-0.3, -0.25) is 5.10 Å². The lowest BCUT2D eigenvalue weighted by Crippen LogP contribution is -2.14. The Kier molecular flexibility index (Phi) is 5.55. The van der Waals surface area contributed by atoms with E-state index in [0.29, 0.717) is 22.9 Å². The van der Waals surface area contributed by atoms with Crippen molar-refractivity contribution in [1.82, 2.24) is 14.9 Å². The van der Waals surface area contributed by atoms with E-state index in [1.807, 2.05) is 42.5 Å². The SMILES string of the molecule is S=c1[nH]ncn1NCc1cc(Br)ccc1OCc1ccccc1Cl. The summed E-state index contributed by atoms with van der Waals surface area (Å²) < 4.78 is 9.08. The lowest BCUT2D eigenvalue weighted by atomic mass is 10.2. The zero-order valence-electron chi connectivity index (χ0n) is 12.5. The van der Waals surface area contributed by atoms with Crippen molar-refractivity contribution < 1.29 is 4.74 Å². The maximum absolute atomic E-state index is 6.18. The molecule has 0 radical (unpaired) electrons. The lowest BCUT2D eigenvalue weighted by Gasteiger charge is -2.14. The average molecular weight is 426 g/mol. The molecule has 0 saturated carbocycles. The number of benzene rings is 2. The molecule has 0 atom stereocenters. The number of halogens is 2. The molecule has 2 N–H and O–H groups in total. The van der Waals surface area contributed by atoms with Crippen molar-refractivity contribution in [3.63, 3.8) is 0 Å². The Morgan fingerprint density at radius 1 is 1.25 bits per heavy atom. The van der Waals surface area contributed by atoms with E-state index in [1.54, 1.807) is 11.0 Å². The molecule has 0 amide bonds. The first kappa shape index (κ1) is 17.0. The van der Waals surface area contributed by atoms with Gasteiger partial charge in [0.25, 0.3) is 0 Å². The molecule has 0 aliphatic carbocycles. The molecule has 3 aromatic rings. The van der Waals surface area contributed by atoms with Crippen LogP contribution in [0.2, 0.25) is 5.02 Å². The topological polar surface area (TPSA) is 54.9 Å². The maximum atomic E-state index is 6.18. The molecule has 0 bridgehead atoms. The molecule has 8 heteroatoms. The van der Waals surface area contributed by atoms with Gasteiger partial charge in [0.2, 0.25) is 4.77 Å². The maximum Gasteiger partial charge on any atom is 0.214 e. The van der Waals surface area contributed by atoms with Gasteiger partial charge in [-0.05, 0) is 36.5 Å². The normalized spacial score (nSPS) is 10.6. The Labute approximate surface area is 157 Å². The third-order valence-electron chi connectivity index (χ3n) is 3.36. The minimum Gasteiger partial charge on any atom is -0.488 e. The monoisotopic (exact) mass is 424 g/mol. The van der Waals surface area contributed by atoms with Crippen molar-refractivity contribution in [3.8, 4) is 5.75 Å². The second-order valence-electron chi connectivity index (χ2n) is 5.00. The molecule has 2 aromatic carbocycles. The summed E-state index contributed by atoms with van der Waals surface area (Å²) in [4.78, 5) is 0. The van der Waals surface area contributed by atoms with Gasteiger partial charge >= 0.3 is 0 Å². The summed E-state index contributed by atoms with van der Waals surface area (Å²) >= 11 is 14.8. The van der Waals surface area contributed by atoms with Gasteiger partial charge in [0.1, 0.15) is 18.7 Å². The van der Waals surface area contributed by atoms with Gasteiger partial charge in [-0.15, -0.1) is 0 Å². The first-order valence-corrected chi connectivity index (χ1v) is 8.72. The molecular formula is C16H14BrClN4OS. The minimum absolute atomic E-state index is 0.402. The predicted octanol–water partition coefficient (Wildman–Crippen LogP) is 4.68. The van der Waals surface area contributed by atoms with Crippen LogP contribution < -0.4 is 10.2 Å². The molecule has 0 aliphatic rings. The van der Waals surface area contributed by atoms with Crippen LogP contribution in [0.3, 0.4) is 0 Å². The number of H-pyrrole nitrogens is 1. The van der Waals surface area contributed by atoms with Gasteiger partial charge in [0.05, 0.1) is 6.54 Å². The van der Waals surface area contributed by atoms with Crippen LogP contribution in [0.15, 0.2) is 53.3 Å². The molecule has 0 saturated heterocycles. The van der Waals surface area contributed by atoms with Crippen molar-refractivity contribution in [2.75, 3.05) is 5.43 Å². The molecule has 5 nitrogen and oxygen atoms in total. The van der Waals surface area contributed by atoms with Gasteiger partial charge in [-0.1, -0.05) is 45.7 Å². The van der Waals surface area contributed by atoms with Crippen molar-refractivity contribution in [1.29, 1.82) is 0 Å². The lowest BCUT2D eigenvalue weighted by molar-refractivity contribution is 0.303. The minimum atomic E-state index is 0.402. The Morgan fingerprint density at radius 3 is 2.83 bits per heavy atom. The van der Waals surface area contributed by atoms with Crippen LogP contribution in [-0.4, -0.2) is 14.9 Å². The predicted molar refractivity (Wildman–Crippen MR) is 100 cm³/mol. The van der Waals surface area contributed by atoms with Gasteiger partial charge in [-0.25, -0.2) is 4.68 Å². The smallest absolute Gasteiger partial charge is 0.214 e. The van der Waals surface area contributed by atoms with Crippen molar-refractivity contribution in [2.24, 2.45) is 0 Å². The summed E-state index contributed by atoms with van der Waals surface area (Å²) in [6, 6.07) is 13.5. The molecule has 1 heterocycles. The first-order valence-electron chi connectivity index (χ1n) is 7.14. The number of ether oxygens (including phenoxy) is 1. The highest BCUT2D eigenvalue weighted by molar-refractivity contribution is 9.10. The molecule has 124 valence electrons. The van der Waals surface area contributed by atoms with Crippen LogP contribution in [0.5, 0.6) is 5.75 Å². The number of nitrogens with one attached hydrogen (secondary N) is 2. The first-order chi connectivity index (χ1) is 11.6. The largest absolute Gasteiger partial charge is 0.488 e. The van der Waals surface area contributed by atoms with Crippen molar-refractivity contribution in [3.05, 3.63) is 74.2 Å². The highest BCUT2D eigenvalue weighted by atomic mass is 79.9. The number of aromatic amines is 1. The second-order valence-corrected chi connectivity index (χ2v) is 6.71. The van der Waals surface area contributed by atoms with Crippen molar-refractivity contribution >= 4 is 39.7 Å². The van der Waals surface area contributed by atoms with Crippen LogP contribution in [-0.2, 0) is 13.2 Å². The van der Waals surface area contributed by atoms with E-state index in [4.69, 9.17) is 28.6 Å². The summed E-state index contributed by atoms with van der Waals surface area (Å²) in [7, 11) is 0. The zero-order valence-corrected chi connectivity index (χ0v) is 15.7. The average Bonchev–Trinajstić information content (AvgIpc) is 2.98. The quantitative estimate of drug-likeness (QED) is 0.563. The second kappa shape index (κ2) is 7.83.